The Morgan fingerprint density at radius 3 is 2.50 bits per heavy atom. The molecule has 1 heterocycles. The van der Waals surface area contributed by atoms with Gasteiger partial charge in [-0.15, -0.1) is 5.10 Å². The van der Waals surface area contributed by atoms with Gasteiger partial charge in [-0.3, -0.25) is 5.10 Å². The van der Waals surface area contributed by atoms with Crippen molar-refractivity contribution < 1.29 is 0 Å². The second kappa shape index (κ2) is 6.11. The average molecular weight is 302 g/mol. The van der Waals surface area contributed by atoms with Crippen molar-refractivity contribution in [2.24, 2.45) is 0 Å². The summed E-state index contributed by atoms with van der Waals surface area (Å²) >= 11 is 7.48. The molecule has 0 atom stereocenters. The Hall–Kier alpha value is -1.78. The van der Waals surface area contributed by atoms with Crippen molar-refractivity contribution in [2.45, 2.75) is 10.9 Å². The molecule has 0 saturated carbocycles. The van der Waals surface area contributed by atoms with E-state index in [1.807, 2.05) is 42.5 Å². The molecule has 0 unspecified atom stereocenters. The van der Waals surface area contributed by atoms with E-state index in [9.17, 15) is 0 Å². The number of H-pyrrole nitrogens is 1. The van der Waals surface area contributed by atoms with Crippen molar-refractivity contribution in [2.75, 3.05) is 0 Å². The second-order valence-corrected chi connectivity index (χ2v) is 5.63. The molecule has 1 N–H and O–H groups in total. The number of thioether (sulfide) groups is 1. The summed E-state index contributed by atoms with van der Waals surface area (Å²) in [4.78, 5) is 4.48. The first kappa shape index (κ1) is 13.2. The SMILES string of the molecule is Clc1ccc(-c2nc(SCc3ccccc3)n[nH]2)cc1. The molecule has 20 heavy (non-hydrogen) atoms. The van der Waals surface area contributed by atoms with Crippen molar-refractivity contribution in [3.05, 3.63) is 65.2 Å². The van der Waals surface area contributed by atoms with E-state index >= 15 is 0 Å². The highest BCUT2D eigenvalue weighted by Crippen LogP contribution is 2.23. The zero-order chi connectivity index (χ0) is 13.8. The summed E-state index contributed by atoms with van der Waals surface area (Å²) in [6.45, 7) is 0. The zero-order valence-corrected chi connectivity index (χ0v) is 12.2. The van der Waals surface area contributed by atoms with Crippen LogP contribution in [0.4, 0.5) is 0 Å². The number of halogens is 1. The number of hydrogen-bond acceptors (Lipinski definition) is 3. The predicted octanol–water partition coefficient (Wildman–Crippen LogP) is 4.42. The smallest absolute Gasteiger partial charge is 0.209 e. The van der Waals surface area contributed by atoms with Crippen LogP contribution in [0.15, 0.2) is 59.8 Å². The molecule has 100 valence electrons. The van der Waals surface area contributed by atoms with Crippen molar-refractivity contribution in [3.8, 4) is 11.4 Å². The summed E-state index contributed by atoms with van der Waals surface area (Å²) in [6.07, 6.45) is 0. The van der Waals surface area contributed by atoms with Gasteiger partial charge in [0.25, 0.3) is 0 Å². The third-order valence-electron chi connectivity index (χ3n) is 2.79. The maximum absolute atomic E-state index is 5.87. The molecule has 0 saturated heterocycles. The van der Waals surface area contributed by atoms with Crippen molar-refractivity contribution in [1.82, 2.24) is 15.2 Å². The van der Waals surface area contributed by atoms with E-state index in [1.54, 1.807) is 11.8 Å². The number of rotatable bonds is 4. The van der Waals surface area contributed by atoms with Gasteiger partial charge in [-0.05, 0) is 29.8 Å². The normalized spacial score (nSPS) is 10.7. The molecular weight excluding hydrogens is 290 g/mol. The summed E-state index contributed by atoms with van der Waals surface area (Å²) in [5.74, 6) is 1.62. The zero-order valence-electron chi connectivity index (χ0n) is 10.6. The van der Waals surface area contributed by atoms with Crippen LogP contribution >= 0.6 is 23.4 Å². The van der Waals surface area contributed by atoms with Crippen molar-refractivity contribution in [1.29, 1.82) is 0 Å². The molecule has 3 aromatic rings. The van der Waals surface area contributed by atoms with Gasteiger partial charge in [0.05, 0.1) is 0 Å². The molecule has 0 aliphatic heterocycles. The lowest BCUT2D eigenvalue weighted by molar-refractivity contribution is 0.973. The van der Waals surface area contributed by atoms with Crippen LogP contribution in [0.3, 0.4) is 0 Å². The van der Waals surface area contributed by atoms with E-state index in [-0.39, 0.29) is 0 Å². The van der Waals surface area contributed by atoms with E-state index in [0.29, 0.717) is 5.02 Å². The van der Waals surface area contributed by atoms with Crippen LogP contribution in [0.2, 0.25) is 5.02 Å². The molecule has 2 aromatic carbocycles. The molecular formula is C15H12ClN3S. The van der Waals surface area contributed by atoms with Gasteiger partial charge in [0, 0.05) is 16.3 Å². The highest BCUT2D eigenvalue weighted by atomic mass is 35.5. The third-order valence-corrected chi connectivity index (χ3v) is 3.96. The molecule has 0 fully saturated rings. The molecule has 3 rings (SSSR count). The molecule has 0 aliphatic rings. The fourth-order valence-electron chi connectivity index (χ4n) is 1.77. The van der Waals surface area contributed by atoms with Gasteiger partial charge in [-0.2, -0.15) is 0 Å². The monoisotopic (exact) mass is 301 g/mol. The largest absolute Gasteiger partial charge is 0.258 e. The van der Waals surface area contributed by atoms with Gasteiger partial charge >= 0.3 is 0 Å². The fraction of sp³-hybridized carbons (Fsp3) is 0.0667. The number of benzene rings is 2. The number of aromatic nitrogens is 3. The van der Waals surface area contributed by atoms with E-state index in [2.05, 4.69) is 27.3 Å². The minimum absolute atomic E-state index is 0.715. The van der Waals surface area contributed by atoms with E-state index < -0.39 is 0 Å². The minimum Gasteiger partial charge on any atom is -0.258 e. The van der Waals surface area contributed by atoms with Crippen molar-refractivity contribution >= 4 is 23.4 Å². The molecule has 0 radical (unpaired) electrons. The molecule has 1 aromatic heterocycles. The first-order valence-electron chi connectivity index (χ1n) is 6.16. The Bertz CT molecular complexity index is 680. The first-order valence-corrected chi connectivity index (χ1v) is 7.53. The van der Waals surface area contributed by atoms with Gasteiger partial charge in [0.2, 0.25) is 5.16 Å². The molecule has 0 amide bonds. The predicted molar refractivity (Wildman–Crippen MR) is 82.8 cm³/mol. The summed E-state index contributed by atoms with van der Waals surface area (Å²) in [7, 11) is 0. The van der Waals surface area contributed by atoms with Gasteiger partial charge in [0.15, 0.2) is 5.82 Å². The van der Waals surface area contributed by atoms with Gasteiger partial charge in [-0.1, -0.05) is 53.7 Å². The van der Waals surface area contributed by atoms with Crippen LogP contribution in [-0.4, -0.2) is 15.2 Å². The fourth-order valence-corrected chi connectivity index (χ4v) is 2.65. The number of nitrogens with zero attached hydrogens (tertiary/aromatic N) is 2. The summed E-state index contributed by atoms with van der Waals surface area (Å²) < 4.78 is 0. The highest BCUT2D eigenvalue weighted by molar-refractivity contribution is 7.98. The lowest BCUT2D eigenvalue weighted by Gasteiger charge is -1.97. The molecule has 0 aliphatic carbocycles. The van der Waals surface area contributed by atoms with Crippen LogP contribution in [0.25, 0.3) is 11.4 Å². The van der Waals surface area contributed by atoms with Gasteiger partial charge in [-0.25, -0.2) is 4.98 Å². The Balaban J connectivity index is 1.69. The molecule has 3 nitrogen and oxygen atoms in total. The average Bonchev–Trinajstić information content (AvgIpc) is 2.96. The lowest BCUT2D eigenvalue weighted by atomic mass is 10.2. The summed E-state index contributed by atoms with van der Waals surface area (Å²) in [6, 6.07) is 17.8. The Labute approximate surface area is 126 Å². The van der Waals surface area contributed by atoms with Gasteiger partial charge in [0.1, 0.15) is 0 Å². The minimum atomic E-state index is 0.715. The second-order valence-electron chi connectivity index (χ2n) is 4.25. The van der Waals surface area contributed by atoms with Gasteiger partial charge < -0.3 is 0 Å². The number of nitrogens with one attached hydrogen (secondary N) is 1. The topological polar surface area (TPSA) is 41.6 Å². The molecule has 5 heteroatoms. The summed E-state index contributed by atoms with van der Waals surface area (Å²) in [5, 5.41) is 8.64. The Kier molecular flexibility index (Phi) is 4.04. The number of aromatic amines is 1. The standard InChI is InChI=1S/C15H12ClN3S/c16-13-8-6-12(7-9-13)14-17-15(19-18-14)20-10-11-4-2-1-3-5-11/h1-9H,10H2,(H,17,18,19). The van der Waals surface area contributed by atoms with E-state index in [1.165, 1.54) is 5.56 Å². The highest BCUT2D eigenvalue weighted by Gasteiger charge is 2.06. The maximum atomic E-state index is 5.87. The quantitative estimate of drug-likeness (QED) is 0.725. The Morgan fingerprint density at radius 2 is 1.75 bits per heavy atom. The van der Waals surface area contributed by atoms with Crippen LogP contribution in [-0.2, 0) is 5.75 Å². The first-order chi connectivity index (χ1) is 9.81. The van der Waals surface area contributed by atoms with E-state index in [0.717, 1.165) is 22.3 Å². The summed E-state index contributed by atoms with van der Waals surface area (Å²) in [5.41, 5.74) is 2.24. The Morgan fingerprint density at radius 1 is 1.00 bits per heavy atom. The van der Waals surface area contributed by atoms with E-state index in [4.69, 9.17) is 11.6 Å². The lowest BCUT2D eigenvalue weighted by Crippen LogP contribution is -1.81. The third kappa shape index (κ3) is 3.21. The van der Waals surface area contributed by atoms with Crippen LogP contribution in [0, 0.1) is 0 Å². The molecule has 0 spiro atoms. The maximum Gasteiger partial charge on any atom is 0.209 e. The van der Waals surface area contributed by atoms with Crippen LogP contribution in [0.5, 0.6) is 0 Å². The van der Waals surface area contributed by atoms with Crippen LogP contribution < -0.4 is 0 Å². The molecule has 0 bridgehead atoms. The van der Waals surface area contributed by atoms with Crippen molar-refractivity contribution in [3.63, 3.8) is 0 Å². The van der Waals surface area contributed by atoms with Crippen LogP contribution in [0.1, 0.15) is 5.56 Å². The number of hydrogen-bond donors (Lipinski definition) is 1.